The lowest BCUT2D eigenvalue weighted by atomic mass is 10.0. The van der Waals surface area contributed by atoms with Crippen molar-refractivity contribution in [2.45, 2.75) is 26.3 Å². The number of hydrogen-bond acceptors (Lipinski definition) is 2. The minimum absolute atomic E-state index is 0.121. The average molecular weight is 308 g/mol. The predicted octanol–water partition coefficient (Wildman–Crippen LogP) is 4.44. The normalized spacial score (nSPS) is 12.6. The smallest absolute Gasteiger partial charge is 0.169 e. The third kappa shape index (κ3) is 3.24. The fourth-order valence-corrected chi connectivity index (χ4v) is 2.32. The van der Waals surface area contributed by atoms with Crippen molar-refractivity contribution in [3.05, 3.63) is 58.0 Å². The molecule has 1 N–H and O–H groups in total. The Labute approximate surface area is 117 Å². The first-order valence-electron chi connectivity index (χ1n) is 6.26. The van der Waals surface area contributed by atoms with Crippen LogP contribution in [0.15, 0.2) is 45.5 Å². The fourth-order valence-electron chi connectivity index (χ4n) is 2.00. The van der Waals surface area contributed by atoms with E-state index in [0.29, 0.717) is 0 Å². The van der Waals surface area contributed by atoms with Crippen LogP contribution in [0.5, 0.6) is 0 Å². The summed E-state index contributed by atoms with van der Waals surface area (Å²) < 4.78 is 6.46. The molecule has 0 aliphatic carbocycles. The zero-order chi connectivity index (χ0) is 13.0. The Bertz CT molecular complexity index is 507. The van der Waals surface area contributed by atoms with Crippen molar-refractivity contribution < 1.29 is 4.42 Å². The Balaban J connectivity index is 2.30. The molecular formula is C15H18BrNO. The van der Waals surface area contributed by atoms with Gasteiger partial charge in [-0.1, -0.05) is 36.8 Å². The molecule has 0 amide bonds. The maximum Gasteiger partial charge on any atom is 0.169 e. The summed E-state index contributed by atoms with van der Waals surface area (Å²) >= 11 is 3.36. The molecule has 0 radical (unpaired) electrons. The van der Waals surface area contributed by atoms with Crippen LogP contribution in [-0.4, -0.2) is 6.54 Å². The molecule has 2 rings (SSSR count). The maximum atomic E-state index is 5.69. The van der Waals surface area contributed by atoms with Crippen molar-refractivity contribution in [2.24, 2.45) is 0 Å². The third-order valence-corrected chi connectivity index (χ3v) is 3.28. The van der Waals surface area contributed by atoms with E-state index in [1.165, 1.54) is 11.1 Å². The van der Waals surface area contributed by atoms with Gasteiger partial charge in [0.25, 0.3) is 0 Å². The standard InChI is InChI=1S/C15H18BrNO/c1-3-9-17-15(13-7-8-14(16)18-13)12-6-4-5-11(2)10-12/h4-8,10,15,17H,3,9H2,1-2H3. The number of furan rings is 1. The highest BCUT2D eigenvalue weighted by Crippen LogP contribution is 2.26. The van der Waals surface area contributed by atoms with Crippen LogP contribution in [0, 0.1) is 6.92 Å². The van der Waals surface area contributed by atoms with Gasteiger partial charge in [0.05, 0.1) is 6.04 Å². The molecule has 0 aliphatic heterocycles. The maximum absolute atomic E-state index is 5.69. The SMILES string of the molecule is CCCNC(c1cccc(C)c1)c1ccc(Br)o1. The van der Waals surface area contributed by atoms with Crippen LogP contribution in [0.2, 0.25) is 0 Å². The van der Waals surface area contributed by atoms with Crippen molar-refractivity contribution in [2.75, 3.05) is 6.54 Å². The Kier molecular flexibility index (Phi) is 4.61. The van der Waals surface area contributed by atoms with Crippen LogP contribution < -0.4 is 5.32 Å². The zero-order valence-corrected chi connectivity index (χ0v) is 12.3. The van der Waals surface area contributed by atoms with E-state index in [0.717, 1.165) is 23.4 Å². The van der Waals surface area contributed by atoms with E-state index >= 15 is 0 Å². The molecular weight excluding hydrogens is 290 g/mol. The van der Waals surface area contributed by atoms with E-state index in [1.807, 2.05) is 12.1 Å². The van der Waals surface area contributed by atoms with Gasteiger partial charge in [0.1, 0.15) is 5.76 Å². The van der Waals surface area contributed by atoms with Crippen molar-refractivity contribution >= 4 is 15.9 Å². The Hall–Kier alpha value is -1.06. The summed E-state index contributed by atoms with van der Waals surface area (Å²) in [5.74, 6) is 0.945. The van der Waals surface area contributed by atoms with Gasteiger partial charge in [-0.15, -0.1) is 0 Å². The quantitative estimate of drug-likeness (QED) is 0.883. The first kappa shape index (κ1) is 13.4. The lowest BCUT2D eigenvalue weighted by Gasteiger charge is -2.17. The first-order valence-corrected chi connectivity index (χ1v) is 7.05. The van der Waals surface area contributed by atoms with Crippen LogP contribution in [0.25, 0.3) is 0 Å². The van der Waals surface area contributed by atoms with E-state index < -0.39 is 0 Å². The number of halogens is 1. The summed E-state index contributed by atoms with van der Waals surface area (Å²) in [6.07, 6.45) is 1.10. The molecule has 0 saturated heterocycles. The molecule has 0 bridgehead atoms. The molecule has 0 saturated carbocycles. The minimum atomic E-state index is 0.121. The van der Waals surface area contributed by atoms with Gasteiger partial charge in [-0.3, -0.25) is 0 Å². The van der Waals surface area contributed by atoms with E-state index in [-0.39, 0.29) is 6.04 Å². The number of hydrogen-bond donors (Lipinski definition) is 1. The number of nitrogens with one attached hydrogen (secondary N) is 1. The number of benzene rings is 1. The van der Waals surface area contributed by atoms with Gasteiger partial charge in [0, 0.05) is 0 Å². The summed E-state index contributed by atoms with van der Waals surface area (Å²) in [6.45, 7) is 5.24. The molecule has 1 unspecified atom stereocenters. The van der Waals surface area contributed by atoms with Crippen LogP contribution in [0.1, 0.15) is 36.3 Å². The van der Waals surface area contributed by atoms with Gasteiger partial charge in [-0.05, 0) is 53.5 Å². The van der Waals surface area contributed by atoms with E-state index in [9.17, 15) is 0 Å². The molecule has 2 aromatic rings. The fraction of sp³-hybridized carbons (Fsp3) is 0.333. The minimum Gasteiger partial charge on any atom is -0.452 e. The summed E-state index contributed by atoms with van der Waals surface area (Å²) in [6, 6.07) is 12.6. The zero-order valence-electron chi connectivity index (χ0n) is 10.7. The summed E-state index contributed by atoms with van der Waals surface area (Å²) in [7, 11) is 0. The lowest BCUT2D eigenvalue weighted by molar-refractivity contribution is 0.433. The van der Waals surface area contributed by atoms with Gasteiger partial charge in [-0.25, -0.2) is 0 Å². The van der Waals surface area contributed by atoms with E-state index in [1.54, 1.807) is 0 Å². The van der Waals surface area contributed by atoms with Gasteiger partial charge in [0.2, 0.25) is 0 Å². The van der Waals surface area contributed by atoms with Crippen molar-refractivity contribution in [3.63, 3.8) is 0 Å². The van der Waals surface area contributed by atoms with E-state index in [4.69, 9.17) is 4.42 Å². The second kappa shape index (κ2) is 6.21. The van der Waals surface area contributed by atoms with Crippen LogP contribution in [-0.2, 0) is 0 Å². The molecule has 0 spiro atoms. The Morgan fingerprint density at radius 3 is 2.72 bits per heavy atom. The molecule has 3 heteroatoms. The first-order chi connectivity index (χ1) is 8.70. The Morgan fingerprint density at radius 1 is 1.28 bits per heavy atom. The van der Waals surface area contributed by atoms with Gasteiger partial charge >= 0.3 is 0 Å². The lowest BCUT2D eigenvalue weighted by Crippen LogP contribution is -2.22. The molecule has 1 aromatic heterocycles. The molecule has 2 nitrogen and oxygen atoms in total. The highest BCUT2D eigenvalue weighted by molar-refractivity contribution is 9.10. The largest absolute Gasteiger partial charge is 0.452 e. The highest BCUT2D eigenvalue weighted by Gasteiger charge is 2.16. The van der Waals surface area contributed by atoms with Crippen molar-refractivity contribution in [3.8, 4) is 0 Å². The predicted molar refractivity (Wildman–Crippen MR) is 77.7 cm³/mol. The summed E-state index contributed by atoms with van der Waals surface area (Å²) in [4.78, 5) is 0. The topological polar surface area (TPSA) is 25.2 Å². The molecule has 96 valence electrons. The molecule has 0 aliphatic rings. The van der Waals surface area contributed by atoms with Gasteiger partial charge < -0.3 is 9.73 Å². The molecule has 0 fully saturated rings. The van der Waals surface area contributed by atoms with E-state index in [2.05, 4.69) is 59.4 Å². The van der Waals surface area contributed by atoms with Crippen molar-refractivity contribution in [1.29, 1.82) is 0 Å². The molecule has 18 heavy (non-hydrogen) atoms. The molecule has 1 atom stereocenters. The second-order valence-corrected chi connectivity index (χ2v) is 5.22. The average Bonchev–Trinajstić information content (AvgIpc) is 2.76. The van der Waals surface area contributed by atoms with Crippen LogP contribution >= 0.6 is 15.9 Å². The third-order valence-electron chi connectivity index (χ3n) is 2.85. The number of aryl methyl sites for hydroxylation is 1. The monoisotopic (exact) mass is 307 g/mol. The number of rotatable bonds is 5. The molecule has 1 heterocycles. The second-order valence-electron chi connectivity index (χ2n) is 4.44. The summed E-state index contributed by atoms with van der Waals surface area (Å²) in [5.41, 5.74) is 2.51. The van der Waals surface area contributed by atoms with Gasteiger partial charge in [-0.2, -0.15) is 0 Å². The Morgan fingerprint density at radius 2 is 2.11 bits per heavy atom. The summed E-state index contributed by atoms with van der Waals surface area (Å²) in [5, 5.41) is 3.53. The van der Waals surface area contributed by atoms with Crippen molar-refractivity contribution in [1.82, 2.24) is 5.32 Å². The van der Waals surface area contributed by atoms with Gasteiger partial charge in [0.15, 0.2) is 4.67 Å². The highest BCUT2D eigenvalue weighted by atomic mass is 79.9. The van der Waals surface area contributed by atoms with Crippen LogP contribution in [0.4, 0.5) is 0 Å². The molecule has 1 aromatic carbocycles. The van der Waals surface area contributed by atoms with Crippen LogP contribution in [0.3, 0.4) is 0 Å².